The Morgan fingerprint density at radius 3 is 1.57 bits per heavy atom. The van der Waals surface area contributed by atoms with Crippen LogP contribution in [0.1, 0.15) is 24.0 Å². The molecule has 2 aromatic rings. The van der Waals surface area contributed by atoms with E-state index in [-0.39, 0.29) is 24.2 Å². The Morgan fingerprint density at radius 2 is 1.20 bits per heavy atom. The highest BCUT2D eigenvalue weighted by Gasteiger charge is 2.07. The van der Waals surface area contributed by atoms with Gasteiger partial charge in [0.15, 0.2) is 0 Å². The van der Waals surface area contributed by atoms with Crippen LogP contribution in [0.25, 0.3) is 0 Å². The van der Waals surface area contributed by atoms with Crippen LogP contribution in [0.3, 0.4) is 0 Å². The van der Waals surface area contributed by atoms with Gasteiger partial charge in [-0.05, 0) is 0 Å². The number of rotatable bonds is 9. The van der Waals surface area contributed by atoms with E-state index < -0.39 is 21.7 Å². The number of nitro groups is 2. The fourth-order valence-electron chi connectivity index (χ4n) is 2.13. The van der Waals surface area contributed by atoms with Crippen LogP contribution in [-0.4, -0.2) is 34.1 Å². The number of nitrogens with one attached hydrogen (secondary N) is 2. The molecule has 0 aromatic heterocycles. The third-order valence-corrected chi connectivity index (χ3v) is 3.55. The molecule has 0 spiro atoms. The Bertz CT molecular complexity index is 938. The van der Waals surface area contributed by atoms with Gasteiger partial charge >= 0.3 is 0 Å². The molecule has 2 aromatic carbocycles. The first-order chi connectivity index (χ1) is 14.3. The summed E-state index contributed by atoms with van der Waals surface area (Å²) in [5.41, 5.74) is 5.07. The molecule has 2 rings (SSSR count). The highest BCUT2D eigenvalue weighted by atomic mass is 16.6. The first-order valence-corrected chi connectivity index (χ1v) is 8.48. The quantitative estimate of drug-likeness (QED) is 0.362. The molecule has 2 amide bonds. The van der Waals surface area contributed by atoms with E-state index in [4.69, 9.17) is 0 Å². The van der Waals surface area contributed by atoms with Crippen LogP contribution in [0.2, 0.25) is 0 Å². The van der Waals surface area contributed by atoms with Crippen molar-refractivity contribution in [1.82, 2.24) is 10.9 Å². The van der Waals surface area contributed by atoms with Crippen molar-refractivity contribution in [2.75, 3.05) is 0 Å². The Labute approximate surface area is 169 Å². The zero-order valence-corrected chi connectivity index (χ0v) is 15.4. The third-order valence-electron chi connectivity index (χ3n) is 3.55. The van der Waals surface area contributed by atoms with Crippen LogP contribution in [0, 0.1) is 20.2 Å². The molecule has 0 atom stereocenters. The molecule has 0 saturated carbocycles. The van der Waals surface area contributed by atoms with Crippen molar-refractivity contribution in [1.29, 1.82) is 0 Å². The highest BCUT2D eigenvalue weighted by molar-refractivity contribution is 5.86. The SMILES string of the molecule is O=C(CCC(=O)N/N=C\c1cccc([N+](=O)[O-])c1)N/N=C\c1cccc([N+](=O)[O-])c1. The standard InChI is InChI=1S/C18H16N6O6/c25-17(21-19-11-13-3-1-5-15(9-13)23(27)28)7-8-18(26)22-20-12-14-4-2-6-16(10-14)24(29)30/h1-6,9-12H,7-8H2,(H,21,25)(H,22,26)/b19-11-,20-12-. The minimum Gasteiger partial charge on any atom is -0.273 e. The third kappa shape index (κ3) is 7.26. The van der Waals surface area contributed by atoms with Gasteiger partial charge in [0.1, 0.15) is 0 Å². The van der Waals surface area contributed by atoms with Crippen LogP contribution in [-0.2, 0) is 9.59 Å². The number of hydrogen-bond donors (Lipinski definition) is 2. The number of carbonyl (C=O) groups is 2. The Kier molecular flexibility index (Phi) is 7.82. The lowest BCUT2D eigenvalue weighted by atomic mass is 10.2. The van der Waals surface area contributed by atoms with Gasteiger partial charge in [0.25, 0.3) is 11.4 Å². The summed E-state index contributed by atoms with van der Waals surface area (Å²) in [5, 5.41) is 28.8. The molecule has 0 aliphatic carbocycles. The molecule has 0 fully saturated rings. The van der Waals surface area contributed by atoms with Crippen LogP contribution < -0.4 is 10.9 Å². The smallest absolute Gasteiger partial charge is 0.270 e. The molecule has 30 heavy (non-hydrogen) atoms. The van der Waals surface area contributed by atoms with Crippen molar-refractivity contribution >= 4 is 35.6 Å². The number of non-ortho nitro benzene ring substituents is 2. The van der Waals surface area contributed by atoms with Gasteiger partial charge in [-0.15, -0.1) is 0 Å². The van der Waals surface area contributed by atoms with Crippen LogP contribution >= 0.6 is 0 Å². The second kappa shape index (κ2) is 10.8. The first kappa shape index (κ1) is 21.8. The van der Waals surface area contributed by atoms with E-state index in [2.05, 4.69) is 21.1 Å². The molecular formula is C18H16N6O6. The van der Waals surface area contributed by atoms with E-state index in [1.165, 1.54) is 48.8 Å². The van der Waals surface area contributed by atoms with Gasteiger partial charge in [-0.3, -0.25) is 29.8 Å². The molecule has 12 heteroatoms. The Morgan fingerprint density at radius 1 is 0.800 bits per heavy atom. The van der Waals surface area contributed by atoms with E-state index in [1.54, 1.807) is 12.1 Å². The lowest BCUT2D eigenvalue weighted by Gasteiger charge is -2.00. The normalized spacial score (nSPS) is 10.8. The second-order valence-corrected chi connectivity index (χ2v) is 5.79. The number of nitro benzene ring substituents is 2. The summed E-state index contributed by atoms with van der Waals surface area (Å²) < 4.78 is 0. The lowest BCUT2D eigenvalue weighted by Crippen LogP contribution is -2.22. The van der Waals surface area contributed by atoms with Gasteiger partial charge in [-0.2, -0.15) is 10.2 Å². The molecule has 0 saturated heterocycles. The summed E-state index contributed by atoms with van der Waals surface area (Å²) in [4.78, 5) is 43.7. The van der Waals surface area contributed by atoms with Crippen molar-refractivity contribution in [2.24, 2.45) is 10.2 Å². The average Bonchev–Trinajstić information content (AvgIpc) is 2.72. The van der Waals surface area contributed by atoms with Gasteiger partial charge in [0.2, 0.25) is 11.8 Å². The number of carbonyl (C=O) groups excluding carboxylic acids is 2. The monoisotopic (exact) mass is 412 g/mol. The summed E-state index contributed by atoms with van der Waals surface area (Å²) in [5.74, 6) is -1.07. The van der Waals surface area contributed by atoms with E-state index in [0.29, 0.717) is 11.1 Å². The Hall–Kier alpha value is -4.48. The van der Waals surface area contributed by atoms with Gasteiger partial charge in [-0.1, -0.05) is 24.3 Å². The number of nitrogens with zero attached hydrogens (tertiary/aromatic N) is 4. The summed E-state index contributed by atoms with van der Waals surface area (Å²) >= 11 is 0. The van der Waals surface area contributed by atoms with Crippen LogP contribution in [0.15, 0.2) is 58.7 Å². The van der Waals surface area contributed by atoms with Crippen molar-refractivity contribution in [3.63, 3.8) is 0 Å². The van der Waals surface area contributed by atoms with Crippen LogP contribution in [0.4, 0.5) is 11.4 Å². The summed E-state index contributed by atoms with van der Waals surface area (Å²) in [6, 6.07) is 11.4. The zero-order valence-electron chi connectivity index (χ0n) is 15.4. The summed E-state index contributed by atoms with van der Waals surface area (Å²) in [6.07, 6.45) is 2.16. The second-order valence-electron chi connectivity index (χ2n) is 5.79. The molecule has 0 aliphatic rings. The topological polar surface area (TPSA) is 169 Å². The maximum Gasteiger partial charge on any atom is 0.270 e. The summed E-state index contributed by atoms with van der Waals surface area (Å²) in [6.45, 7) is 0. The molecular weight excluding hydrogens is 396 g/mol. The van der Waals surface area contributed by atoms with E-state index >= 15 is 0 Å². The van der Waals surface area contributed by atoms with E-state index in [0.717, 1.165) is 0 Å². The molecule has 0 radical (unpaired) electrons. The number of hydrogen-bond acceptors (Lipinski definition) is 8. The van der Waals surface area contributed by atoms with E-state index in [9.17, 15) is 29.8 Å². The minimum atomic E-state index is -0.546. The van der Waals surface area contributed by atoms with Crippen molar-refractivity contribution in [2.45, 2.75) is 12.8 Å². The molecule has 0 unspecified atom stereocenters. The predicted octanol–water partition coefficient (Wildman–Crippen LogP) is 1.88. The first-order valence-electron chi connectivity index (χ1n) is 8.48. The van der Waals surface area contributed by atoms with Crippen molar-refractivity contribution in [3.8, 4) is 0 Å². The molecule has 0 aliphatic heterocycles. The average molecular weight is 412 g/mol. The fourth-order valence-corrected chi connectivity index (χ4v) is 2.13. The van der Waals surface area contributed by atoms with Gasteiger partial charge in [0.05, 0.1) is 22.3 Å². The number of amides is 2. The lowest BCUT2D eigenvalue weighted by molar-refractivity contribution is -0.385. The maximum absolute atomic E-state index is 11.7. The highest BCUT2D eigenvalue weighted by Crippen LogP contribution is 2.12. The van der Waals surface area contributed by atoms with Gasteiger partial charge in [0, 0.05) is 48.2 Å². The molecule has 0 heterocycles. The van der Waals surface area contributed by atoms with Crippen LogP contribution in [0.5, 0.6) is 0 Å². The van der Waals surface area contributed by atoms with E-state index in [1.807, 2.05) is 0 Å². The summed E-state index contributed by atoms with van der Waals surface area (Å²) in [7, 11) is 0. The zero-order chi connectivity index (χ0) is 21.9. The minimum absolute atomic E-state index is 0.104. The molecule has 0 bridgehead atoms. The maximum atomic E-state index is 11.7. The largest absolute Gasteiger partial charge is 0.273 e. The predicted molar refractivity (Wildman–Crippen MR) is 107 cm³/mol. The Balaban J connectivity index is 1.74. The molecule has 12 nitrogen and oxygen atoms in total. The molecule has 154 valence electrons. The van der Waals surface area contributed by atoms with Crippen molar-refractivity contribution < 1.29 is 19.4 Å². The van der Waals surface area contributed by atoms with Crippen molar-refractivity contribution in [3.05, 3.63) is 79.9 Å². The number of benzene rings is 2. The molecule has 2 N–H and O–H groups in total. The number of hydrazone groups is 2. The van der Waals surface area contributed by atoms with Gasteiger partial charge < -0.3 is 0 Å². The fraction of sp³-hybridized carbons (Fsp3) is 0.111. The van der Waals surface area contributed by atoms with Gasteiger partial charge in [-0.25, -0.2) is 10.9 Å².